The number of carbonyl (C=O) groups excluding carboxylic acids is 1. The quantitative estimate of drug-likeness (QED) is 0.814. The minimum atomic E-state index is 0.0515. The fourth-order valence-electron chi connectivity index (χ4n) is 3.45. The molecule has 0 unspecified atom stereocenters. The van der Waals surface area contributed by atoms with Crippen molar-refractivity contribution in [2.75, 3.05) is 5.75 Å². The van der Waals surface area contributed by atoms with Crippen molar-refractivity contribution in [2.45, 2.75) is 58.2 Å². The first kappa shape index (κ1) is 18.9. The van der Waals surface area contributed by atoms with E-state index in [0.717, 1.165) is 12.1 Å². The first-order valence-electron chi connectivity index (χ1n) is 9.24. The molecule has 0 aliphatic heterocycles. The van der Waals surface area contributed by atoms with Crippen molar-refractivity contribution in [3.63, 3.8) is 0 Å². The summed E-state index contributed by atoms with van der Waals surface area (Å²) in [5.41, 5.74) is 3.33. The van der Waals surface area contributed by atoms with E-state index in [2.05, 4.69) is 60.7 Å². The van der Waals surface area contributed by atoms with E-state index >= 15 is 0 Å². The molecule has 1 saturated carbocycles. The Hall–Kier alpha value is -1.89. The summed E-state index contributed by atoms with van der Waals surface area (Å²) in [6.45, 7) is 8.65. The summed E-state index contributed by atoms with van der Waals surface area (Å²) >= 11 is 1.37. The molecule has 1 N–H and O–H groups in total. The second-order valence-electron chi connectivity index (χ2n) is 7.37. The van der Waals surface area contributed by atoms with Gasteiger partial charge in [0.2, 0.25) is 11.1 Å². The smallest absolute Gasteiger partial charge is 0.230 e. The first-order valence-corrected chi connectivity index (χ1v) is 10.2. The number of aromatic nitrogens is 4. The maximum atomic E-state index is 12.4. The maximum absolute atomic E-state index is 12.4. The number of benzene rings is 1. The standard InChI is InChI=1S/C19H27N5OS/c1-12-8-9-16(10-14(12)3)24-19(21-22-23-24)26-11-18(25)20-17-7-5-6-13(2)15(17)4/h8-10,13,15,17H,5-7,11H2,1-4H3,(H,20,25)/t13-,15+,17+/m1/s1. The third kappa shape index (κ3) is 4.26. The van der Waals surface area contributed by atoms with Gasteiger partial charge in [-0.3, -0.25) is 4.79 Å². The zero-order valence-corrected chi connectivity index (χ0v) is 16.7. The molecule has 0 spiro atoms. The van der Waals surface area contributed by atoms with Gasteiger partial charge in [0.05, 0.1) is 11.4 Å². The molecule has 1 aromatic carbocycles. The summed E-state index contributed by atoms with van der Waals surface area (Å²) in [5, 5.41) is 15.8. The van der Waals surface area contributed by atoms with Gasteiger partial charge in [0, 0.05) is 6.04 Å². The molecule has 26 heavy (non-hydrogen) atoms. The number of tetrazole rings is 1. The van der Waals surface area contributed by atoms with Crippen molar-refractivity contribution in [3.8, 4) is 5.69 Å². The number of thioether (sulfide) groups is 1. The van der Waals surface area contributed by atoms with Crippen LogP contribution in [0.4, 0.5) is 0 Å². The van der Waals surface area contributed by atoms with E-state index in [9.17, 15) is 4.79 Å². The summed E-state index contributed by atoms with van der Waals surface area (Å²) in [6.07, 6.45) is 3.52. The number of hydrogen-bond donors (Lipinski definition) is 1. The molecule has 2 aromatic rings. The van der Waals surface area contributed by atoms with Crippen LogP contribution in [0, 0.1) is 25.7 Å². The zero-order valence-electron chi connectivity index (χ0n) is 15.9. The van der Waals surface area contributed by atoms with Crippen LogP contribution in [0.15, 0.2) is 23.4 Å². The highest BCUT2D eigenvalue weighted by atomic mass is 32.2. The zero-order chi connectivity index (χ0) is 18.7. The van der Waals surface area contributed by atoms with E-state index in [-0.39, 0.29) is 11.9 Å². The van der Waals surface area contributed by atoms with Gasteiger partial charge >= 0.3 is 0 Å². The maximum Gasteiger partial charge on any atom is 0.230 e. The van der Waals surface area contributed by atoms with Crippen molar-refractivity contribution >= 4 is 17.7 Å². The highest BCUT2D eigenvalue weighted by molar-refractivity contribution is 7.99. The number of hydrogen-bond acceptors (Lipinski definition) is 5. The lowest BCUT2D eigenvalue weighted by Gasteiger charge is -2.34. The molecule has 1 aliphatic rings. The van der Waals surface area contributed by atoms with E-state index in [0.29, 0.717) is 22.7 Å². The lowest BCUT2D eigenvalue weighted by Crippen LogP contribution is -2.44. The van der Waals surface area contributed by atoms with Crippen molar-refractivity contribution in [1.82, 2.24) is 25.5 Å². The van der Waals surface area contributed by atoms with Crippen LogP contribution in [0.1, 0.15) is 44.2 Å². The van der Waals surface area contributed by atoms with Gasteiger partial charge in [0.15, 0.2) is 0 Å². The Morgan fingerprint density at radius 1 is 1.27 bits per heavy atom. The molecule has 140 valence electrons. The molecule has 1 aromatic heterocycles. The van der Waals surface area contributed by atoms with Crippen LogP contribution < -0.4 is 5.32 Å². The number of aryl methyl sites for hydroxylation is 2. The van der Waals surface area contributed by atoms with Crippen LogP contribution in [-0.4, -0.2) is 37.9 Å². The summed E-state index contributed by atoms with van der Waals surface area (Å²) in [7, 11) is 0. The summed E-state index contributed by atoms with van der Waals surface area (Å²) < 4.78 is 1.69. The predicted octanol–water partition coefficient (Wildman–Crippen LogP) is 3.31. The molecule has 7 heteroatoms. The van der Waals surface area contributed by atoms with Gasteiger partial charge in [-0.2, -0.15) is 4.68 Å². The third-order valence-corrected chi connectivity index (χ3v) is 6.48. The lowest BCUT2D eigenvalue weighted by molar-refractivity contribution is -0.120. The second kappa shape index (κ2) is 8.20. The van der Waals surface area contributed by atoms with E-state index in [1.807, 2.05) is 6.07 Å². The molecule has 3 rings (SSSR count). The van der Waals surface area contributed by atoms with Gasteiger partial charge in [0.1, 0.15) is 0 Å². The van der Waals surface area contributed by atoms with Gasteiger partial charge in [-0.05, 0) is 65.8 Å². The predicted molar refractivity (Wildman–Crippen MR) is 103 cm³/mol. The Morgan fingerprint density at radius 3 is 2.85 bits per heavy atom. The van der Waals surface area contributed by atoms with Crippen LogP contribution in [0.3, 0.4) is 0 Å². The van der Waals surface area contributed by atoms with Crippen molar-refractivity contribution in [1.29, 1.82) is 0 Å². The number of rotatable bonds is 5. The van der Waals surface area contributed by atoms with Crippen molar-refractivity contribution in [2.24, 2.45) is 11.8 Å². The molecule has 0 bridgehead atoms. The van der Waals surface area contributed by atoms with Crippen LogP contribution in [-0.2, 0) is 4.79 Å². The second-order valence-corrected chi connectivity index (χ2v) is 8.31. The van der Waals surface area contributed by atoms with Crippen LogP contribution in [0.5, 0.6) is 0 Å². The minimum Gasteiger partial charge on any atom is -0.352 e. The summed E-state index contributed by atoms with van der Waals surface area (Å²) in [5.74, 6) is 1.57. The van der Waals surface area contributed by atoms with Crippen molar-refractivity contribution < 1.29 is 4.79 Å². The Bertz CT molecular complexity index is 775. The monoisotopic (exact) mass is 373 g/mol. The highest BCUT2D eigenvalue weighted by Crippen LogP contribution is 2.29. The molecule has 6 nitrogen and oxygen atoms in total. The van der Waals surface area contributed by atoms with E-state index in [1.54, 1.807) is 4.68 Å². The molecule has 1 heterocycles. The Labute approximate surface area is 159 Å². The topological polar surface area (TPSA) is 72.7 Å². The average Bonchev–Trinajstić information content (AvgIpc) is 3.08. The minimum absolute atomic E-state index is 0.0515. The fraction of sp³-hybridized carbons (Fsp3) is 0.579. The van der Waals surface area contributed by atoms with E-state index < -0.39 is 0 Å². The molecule has 0 radical (unpaired) electrons. The SMILES string of the molecule is Cc1ccc(-n2nnnc2SCC(=O)N[C@H]2CCC[C@@H](C)[C@@H]2C)cc1C. The number of nitrogens with zero attached hydrogens (tertiary/aromatic N) is 4. The average molecular weight is 374 g/mol. The first-order chi connectivity index (χ1) is 12.5. The fourth-order valence-corrected chi connectivity index (χ4v) is 4.15. The molecule has 3 atom stereocenters. The largest absolute Gasteiger partial charge is 0.352 e. The van der Waals surface area contributed by atoms with Gasteiger partial charge < -0.3 is 5.32 Å². The molecule has 1 aliphatic carbocycles. The normalized spacial score (nSPS) is 23.0. The Kier molecular flexibility index (Phi) is 5.96. The molecular weight excluding hydrogens is 346 g/mol. The summed E-state index contributed by atoms with van der Waals surface area (Å²) in [6, 6.07) is 6.39. The number of carbonyl (C=O) groups is 1. The molecular formula is C19H27N5OS. The van der Waals surface area contributed by atoms with E-state index in [4.69, 9.17) is 0 Å². The molecule has 1 amide bonds. The van der Waals surface area contributed by atoms with Gasteiger partial charge in [-0.25, -0.2) is 0 Å². The van der Waals surface area contributed by atoms with Crippen LogP contribution in [0.2, 0.25) is 0 Å². The molecule has 0 saturated heterocycles. The Balaban J connectivity index is 1.61. The Morgan fingerprint density at radius 2 is 2.08 bits per heavy atom. The van der Waals surface area contributed by atoms with Gasteiger partial charge in [-0.1, -0.05) is 44.5 Å². The lowest BCUT2D eigenvalue weighted by atomic mass is 9.78. The number of nitrogens with one attached hydrogen (secondary N) is 1. The van der Waals surface area contributed by atoms with Crippen LogP contribution in [0.25, 0.3) is 5.69 Å². The highest BCUT2D eigenvalue weighted by Gasteiger charge is 2.28. The third-order valence-electron chi connectivity index (χ3n) is 5.56. The summed E-state index contributed by atoms with van der Waals surface area (Å²) in [4.78, 5) is 12.4. The van der Waals surface area contributed by atoms with Gasteiger partial charge in [-0.15, -0.1) is 5.10 Å². The van der Waals surface area contributed by atoms with E-state index in [1.165, 1.54) is 35.7 Å². The van der Waals surface area contributed by atoms with Crippen molar-refractivity contribution in [3.05, 3.63) is 29.3 Å². The van der Waals surface area contributed by atoms with Crippen LogP contribution >= 0.6 is 11.8 Å². The number of amides is 1. The van der Waals surface area contributed by atoms with Gasteiger partial charge in [0.25, 0.3) is 0 Å². The molecule has 1 fully saturated rings.